The van der Waals surface area contributed by atoms with Crippen molar-refractivity contribution in [1.82, 2.24) is 9.38 Å². The summed E-state index contributed by atoms with van der Waals surface area (Å²) in [7, 11) is 0. The Morgan fingerprint density at radius 2 is 2.00 bits per heavy atom. The molecular weight excluding hydrogens is 378 g/mol. The number of rotatable bonds is 6. The summed E-state index contributed by atoms with van der Waals surface area (Å²) in [4.78, 5) is 17.7. The summed E-state index contributed by atoms with van der Waals surface area (Å²) >= 11 is 0. The largest absolute Gasteiger partial charge is 0.490 e. The maximum atomic E-state index is 14.6. The van der Waals surface area contributed by atoms with Gasteiger partial charge in [-0.2, -0.15) is 4.39 Å². The third-order valence-corrected chi connectivity index (χ3v) is 4.64. The summed E-state index contributed by atoms with van der Waals surface area (Å²) in [5.74, 6) is -3.07. The molecule has 9 heteroatoms. The van der Waals surface area contributed by atoms with Crippen LogP contribution in [0.2, 0.25) is 0 Å². The van der Waals surface area contributed by atoms with Crippen molar-refractivity contribution in [1.29, 1.82) is 0 Å². The number of anilines is 1. The summed E-state index contributed by atoms with van der Waals surface area (Å²) < 4.78 is 59.9. The predicted octanol–water partition coefficient (Wildman–Crippen LogP) is 4.12. The van der Waals surface area contributed by atoms with Crippen molar-refractivity contribution < 1.29 is 27.1 Å². The molecule has 0 bridgehead atoms. The molecular formula is C19H15F4N3O2. The molecule has 146 valence electrons. The first-order chi connectivity index (χ1) is 13.5. The number of pyridine rings is 1. The molecule has 5 nitrogen and oxygen atoms in total. The highest BCUT2D eigenvalue weighted by atomic mass is 19.3. The second-order valence-corrected chi connectivity index (χ2v) is 6.37. The Labute approximate surface area is 157 Å². The molecule has 0 N–H and O–H groups in total. The van der Waals surface area contributed by atoms with Gasteiger partial charge in [-0.3, -0.25) is 4.79 Å². The van der Waals surface area contributed by atoms with Gasteiger partial charge in [0.25, 0.3) is 0 Å². The van der Waals surface area contributed by atoms with Crippen LogP contribution in [0, 0.1) is 11.6 Å². The molecule has 28 heavy (non-hydrogen) atoms. The Bertz CT molecular complexity index is 1040. The minimum absolute atomic E-state index is 0.00141. The smallest absolute Gasteiger partial charge is 0.241 e. The lowest BCUT2D eigenvalue weighted by molar-refractivity contribution is -0.124. The summed E-state index contributed by atoms with van der Waals surface area (Å²) in [5, 5.41) is 0. The van der Waals surface area contributed by atoms with Crippen molar-refractivity contribution in [2.24, 2.45) is 0 Å². The Balaban J connectivity index is 1.59. The highest BCUT2D eigenvalue weighted by molar-refractivity contribution is 6.01. The second kappa shape index (κ2) is 7.14. The third kappa shape index (κ3) is 3.17. The van der Waals surface area contributed by atoms with Gasteiger partial charge in [0.15, 0.2) is 11.6 Å². The molecule has 1 aliphatic rings. The number of alkyl halides is 2. The van der Waals surface area contributed by atoms with E-state index in [1.165, 1.54) is 17.0 Å². The average Bonchev–Trinajstić information content (AvgIpc) is 3.11. The molecule has 1 aromatic carbocycles. The number of amides is 1. The van der Waals surface area contributed by atoms with Gasteiger partial charge in [-0.15, -0.1) is 0 Å². The van der Waals surface area contributed by atoms with Crippen LogP contribution in [0.25, 0.3) is 5.65 Å². The van der Waals surface area contributed by atoms with Gasteiger partial charge in [0.1, 0.15) is 5.65 Å². The van der Waals surface area contributed by atoms with Gasteiger partial charge in [0, 0.05) is 42.3 Å². The number of carbonyl (C=O) groups is 1. The van der Waals surface area contributed by atoms with E-state index in [1.54, 1.807) is 35.1 Å². The van der Waals surface area contributed by atoms with Gasteiger partial charge in [-0.25, -0.2) is 18.2 Å². The molecule has 1 atom stereocenters. The van der Waals surface area contributed by atoms with Crippen molar-refractivity contribution >= 4 is 17.2 Å². The average molecular weight is 393 g/mol. The van der Waals surface area contributed by atoms with Crippen LogP contribution in [0.5, 0.6) is 5.75 Å². The van der Waals surface area contributed by atoms with Gasteiger partial charge < -0.3 is 14.0 Å². The quantitative estimate of drug-likeness (QED) is 0.468. The monoisotopic (exact) mass is 393 g/mol. The first kappa shape index (κ1) is 18.3. The lowest BCUT2D eigenvalue weighted by Gasteiger charge is -2.40. The lowest BCUT2D eigenvalue weighted by atomic mass is 9.92. The van der Waals surface area contributed by atoms with Crippen LogP contribution in [0.3, 0.4) is 0 Å². The molecule has 3 aromatic rings. The van der Waals surface area contributed by atoms with E-state index in [2.05, 4.69) is 4.98 Å². The number of ether oxygens (including phenoxy) is 1. The molecule has 0 spiro atoms. The molecule has 3 heterocycles. The maximum Gasteiger partial charge on any atom is 0.241 e. The number of fused-ring (bicyclic) bond motifs is 1. The Morgan fingerprint density at radius 3 is 2.75 bits per heavy atom. The first-order valence-corrected chi connectivity index (χ1v) is 8.59. The molecule has 4 rings (SSSR count). The number of hydrogen-bond acceptors (Lipinski definition) is 3. The topological polar surface area (TPSA) is 46.8 Å². The normalized spacial score (nSPS) is 16.7. The van der Waals surface area contributed by atoms with E-state index in [0.717, 1.165) is 0 Å². The van der Waals surface area contributed by atoms with Gasteiger partial charge in [-0.1, -0.05) is 6.07 Å². The Kier molecular flexibility index (Phi) is 4.66. The fourth-order valence-corrected chi connectivity index (χ4v) is 3.21. The highest BCUT2D eigenvalue weighted by Crippen LogP contribution is 2.41. The molecule has 0 saturated carbocycles. The summed E-state index contributed by atoms with van der Waals surface area (Å²) in [6.07, 6.45) is 1.93. The standard InChI is InChI=1S/C19H15F4N3O2/c20-15(21)4-8-28-14-2-1-12(18(22)19(14)23)13-10-17(27)26(13)11-3-6-25-7-5-24-16(25)9-11/h1-3,5-7,9,13,15H,4,8,10H2/t13-/m1/s1. The molecule has 0 radical (unpaired) electrons. The van der Waals surface area contributed by atoms with Crippen LogP contribution in [0.1, 0.15) is 24.4 Å². The molecule has 1 amide bonds. The number of carbonyl (C=O) groups excluding carboxylic acids is 1. The van der Waals surface area contributed by atoms with Gasteiger partial charge in [-0.05, 0) is 12.1 Å². The minimum Gasteiger partial charge on any atom is -0.490 e. The van der Waals surface area contributed by atoms with E-state index >= 15 is 0 Å². The number of hydrogen-bond donors (Lipinski definition) is 0. The van der Waals surface area contributed by atoms with E-state index in [0.29, 0.717) is 11.3 Å². The molecule has 0 unspecified atom stereocenters. The van der Waals surface area contributed by atoms with E-state index in [-0.39, 0.29) is 17.9 Å². The number of aromatic nitrogens is 2. The summed E-state index contributed by atoms with van der Waals surface area (Å²) in [6, 6.07) is 5.20. The minimum atomic E-state index is -2.59. The van der Waals surface area contributed by atoms with E-state index in [4.69, 9.17) is 4.74 Å². The highest BCUT2D eigenvalue weighted by Gasteiger charge is 2.40. The predicted molar refractivity (Wildman–Crippen MR) is 92.5 cm³/mol. The van der Waals surface area contributed by atoms with Crippen molar-refractivity contribution in [2.75, 3.05) is 11.5 Å². The molecule has 0 aliphatic carbocycles. The van der Waals surface area contributed by atoms with Crippen LogP contribution in [0.4, 0.5) is 23.2 Å². The van der Waals surface area contributed by atoms with Crippen LogP contribution in [-0.2, 0) is 4.79 Å². The van der Waals surface area contributed by atoms with Crippen LogP contribution in [-0.4, -0.2) is 28.3 Å². The number of halogens is 4. The molecule has 1 aliphatic heterocycles. The van der Waals surface area contributed by atoms with Gasteiger partial charge >= 0.3 is 0 Å². The fourth-order valence-electron chi connectivity index (χ4n) is 3.21. The van der Waals surface area contributed by atoms with Crippen molar-refractivity contribution in [3.05, 3.63) is 60.1 Å². The second-order valence-electron chi connectivity index (χ2n) is 6.37. The fraction of sp³-hybridized carbons (Fsp3) is 0.263. The zero-order chi connectivity index (χ0) is 19.8. The molecule has 1 fully saturated rings. The Hall–Kier alpha value is -3.10. The zero-order valence-corrected chi connectivity index (χ0v) is 14.5. The number of β-lactam (4-membered cyclic amide) rings is 1. The lowest BCUT2D eigenvalue weighted by Crippen LogP contribution is -2.47. The van der Waals surface area contributed by atoms with Crippen molar-refractivity contribution in [3.63, 3.8) is 0 Å². The summed E-state index contributed by atoms with van der Waals surface area (Å²) in [6.45, 7) is -0.425. The zero-order valence-electron chi connectivity index (χ0n) is 14.5. The van der Waals surface area contributed by atoms with Crippen molar-refractivity contribution in [2.45, 2.75) is 25.3 Å². The number of benzene rings is 1. The van der Waals surface area contributed by atoms with E-state index < -0.39 is 42.9 Å². The number of nitrogens with zero attached hydrogens (tertiary/aromatic N) is 3. The molecule has 1 saturated heterocycles. The Morgan fingerprint density at radius 1 is 1.18 bits per heavy atom. The van der Waals surface area contributed by atoms with Crippen molar-refractivity contribution in [3.8, 4) is 5.75 Å². The number of imidazole rings is 1. The molecule has 2 aromatic heterocycles. The van der Waals surface area contributed by atoms with E-state index in [1.807, 2.05) is 0 Å². The van der Waals surface area contributed by atoms with E-state index in [9.17, 15) is 22.4 Å². The van der Waals surface area contributed by atoms with Crippen LogP contribution >= 0.6 is 0 Å². The third-order valence-electron chi connectivity index (χ3n) is 4.64. The summed E-state index contributed by atoms with van der Waals surface area (Å²) in [5.41, 5.74) is 1.14. The van der Waals surface area contributed by atoms with Crippen LogP contribution in [0.15, 0.2) is 42.9 Å². The van der Waals surface area contributed by atoms with Gasteiger partial charge in [0.05, 0.1) is 19.1 Å². The maximum absolute atomic E-state index is 14.6. The SMILES string of the molecule is O=C1C[C@H](c2ccc(OCCC(F)F)c(F)c2F)N1c1ccn2ccnc2c1. The first-order valence-electron chi connectivity index (χ1n) is 8.59. The van der Waals surface area contributed by atoms with Crippen LogP contribution < -0.4 is 9.64 Å². The van der Waals surface area contributed by atoms with Gasteiger partial charge in [0.2, 0.25) is 18.1 Å².